The quantitative estimate of drug-likeness (QED) is 0.401. The summed E-state index contributed by atoms with van der Waals surface area (Å²) in [5, 5.41) is 16.4. The molecular weight excluding hydrogens is 116 g/mol. The van der Waals surface area contributed by atoms with Gasteiger partial charge in [-0.15, -0.1) is 0 Å². The molecule has 0 bridgehead atoms. The van der Waals surface area contributed by atoms with Crippen molar-refractivity contribution in [2.75, 3.05) is 13.2 Å². The third-order valence-corrected chi connectivity index (χ3v) is 0.696. The molecule has 0 aliphatic heterocycles. The number of aliphatic hydroxyl groups is 2. The molecule has 0 rings (SSSR count). The van der Waals surface area contributed by atoms with Gasteiger partial charge in [0.05, 0.1) is 6.61 Å². The number of hydrogen-bond donors (Lipinski definition) is 2. The smallest absolute Gasteiger partial charge is 0.104 e. The molecule has 0 fully saturated rings. The first-order valence-electron chi connectivity index (χ1n) is 2.74. The van der Waals surface area contributed by atoms with E-state index in [0.29, 0.717) is 6.42 Å². The van der Waals surface area contributed by atoms with Gasteiger partial charge in [0, 0.05) is 6.42 Å². The van der Waals surface area contributed by atoms with Crippen LogP contribution < -0.4 is 0 Å². The van der Waals surface area contributed by atoms with Crippen LogP contribution in [0, 0.1) is 11.8 Å². The van der Waals surface area contributed by atoms with Gasteiger partial charge in [-0.1, -0.05) is 24.0 Å². The molecule has 0 unspecified atom stereocenters. The summed E-state index contributed by atoms with van der Waals surface area (Å²) in [6, 6.07) is 0. The molecule has 0 radical (unpaired) electrons. The van der Waals surface area contributed by atoms with Crippen molar-refractivity contribution in [3.05, 3.63) is 12.2 Å². The summed E-state index contributed by atoms with van der Waals surface area (Å²) in [5.41, 5.74) is 0. The number of aliphatic hydroxyl groups excluding tert-OH is 2. The summed E-state index contributed by atoms with van der Waals surface area (Å²) >= 11 is 0. The van der Waals surface area contributed by atoms with Crippen LogP contribution in [-0.2, 0) is 0 Å². The van der Waals surface area contributed by atoms with Crippen molar-refractivity contribution in [2.24, 2.45) is 0 Å². The molecular formula is C7H10O2. The van der Waals surface area contributed by atoms with Crippen molar-refractivity contribution in [2.45, 2.75) is 6.42 Å². The standard InChI is InChI=1S/C7H10O2/c8-6-4-2-1-3-5-7-9/h2,4,8-9H,1,6-7H2/b4-2+. The Balaban J connectivity index is 3.18. The molecule has 0 aliphatic rings. The first-order valence-corrected chi connectivity index (χ1v) is 2.74. The van der Waals surface area contributed by atoms with Crippen LogP contribution in [0.3, 0.4) is 0 Å². The zero-order chi connectivity index (χ0) is 6.95. The van der Waals surface area contributed by atoms with E-state index in [1.54, 1.807) is 12.2 Å². The Morgan fingerprint density at radius 1 is 1.11 bits per heavy atom. The zero-order valence-electron chi connectivity index (χ0n) is 5.17. The molecule has 9 heavy (non-hydrogen) atoms. The van der Waals surface area contributed by atoms with Crippen LogP contribution in [0.2, 0.25) is 0 Å². The van der Waals surface area contributed by atoms with E-state index < -0.39 is 0 Å². The van der Waals surface area contributed by atoms with Crippen LogP contribution in [0.4, 0.5) is 0 Å². The Hall–Kier alpha value is -0.780. The minimum atomic E-state index is -0.0903. The van der Waals surface area contributed by atoms with E-state index in [4.69, 9.17) is 10.2 Å². The van der Waals surface area contributed by atoms with Crippen molar-refractivity contribution in [3.8, 4) is 11.8 Å². The highest BCUT2D eigenvalue weighted by molar-refractivity contribution is 5.04. The van der Waals surface area contributed by atoms with Gasteiger partial charge in [0.1, 0.15) is 6.61 Å². The van der Waals surface area contributed by atoms with Crippen LogP contribution in [0.25, 0.3) is 0 Å². The van der Waals surface area contributed by atoms with E-state index in [1.165, 1.54) is 0 Å². The van der Waals surface area contributed by atoms with Gasteiger partial charge in [0.2, 0.25) is 0 Å². The van der Waals surface area contributed by atoms with Gasteiger partial charge >= 0.3 is 0 Å². The number of rotatable bonds is 2. The molecule has 0 aromatic carbocycles. The van der Waals surface area contributed by atoms with Crippen LogP contribution >= 0.6 is 0 Å². The highest BCUT2D eigenvalue weighted by Gasteiger charge is 1.67. The first-order chi connectivity index (χ1) is 4.41. The van der Waals surface area contributed by atoms with Crippen LogP contribution in [-0.4, -0.2) is 23.4 Å². The number of hydrogen-bond acceptors (Lipinski definition) is 2. The summed E-state index contributed by atoms with van der Waals surface area (Å²) in [6.07, 6.45) is 3.97. The average Bonchev–Trinajstić information content (AvgIpc) is 1.89. The molecule has 0 heterocycles. The third kappa shape index (κ3) is 7.22. The lowest BCUT2D eigenvalue weighted by Gasteiger charge is -1.75. The fraction of sp³-hybridized carbons (Fsp3) is 0.429. The fourth-order valence-electron chi connectivity index (χ4n) is 0.345. The van der Waals surface area contributed by atoms with E-state index in [0.717, 1.165) is 0 Å². The summed E-state index contributed by atoms with van der Waals surface area (Å²) in [4.78, 5) is 0. The SMILES string of the molecule is OCC#CC/C=C/CO. The van der Waals surface area contributed by atoms with Gasteiger partial charge in [-0.2, -0.15) is 0 Å². The molecule has 0 aromatic rings. The maximum Gasteiger partial charge on any atom is 0.104 e. The first kappa shape index (κ1) is 8.22. The Morgan fingerprint density at radius 2 is 1.89 bits per heavy atom. The fourth-order valence-corrected chi connectivity index (χ4v) is 0.345. The van der Waals surface area contributed by atoms with E-state index in [2.05, 4.69) is 11.8 Å². The summed E-state index contributed by atoms with van der Waals surface area (Å²) in [5.74, 6) is 5.15. The van der Waals surface area contributed by atoms with Crippen molar-refractivity contribution < 1.29 is 10.2 Å². The monoisotopic (exact) mass is 126 g/mol. The Morgan fingerprint density at radius 3 is 2.44 bits per heavy atom. The number of allylic oxidation sites excluding steroid dienone is 1. The molecule has 50 valence electrons. The second kappa shape index (κ2) is 7.22. The molecule has 2 heteroatoms. The summed E-state index contributed by atoms with van der Waals surface area (Å²) in [7, 11) is 0. The van der Waals surface area contributed by atoms with Crippen LogP contribution in [0.1, 0.15) is 6.42 Å². The molecule has 0 saturated heterocycles. The molecule has 0 amide bonds. The van der Waals surface area contributed by atoms with Crippen molar-refractivity contribution >= 4 is 0 Å². The van der Waals surface area contributed by atoms with Gasteiger partial charge in [-0.3, -0.25) is 0 Å². The average molecular weight is 126 g/mol. The molecule has 2 nitrogen and oxygen atoms in total. The highest BCUT2D eigenvalue weighted by Crippen LogP contribution is 1.77. The maximum absolute atomic E-state index is 8.24. The Labute approximate surface area is 54.8 Å². The lowest BCUT2D eigenvalue weighted by Crippen LogP contribution is -1.72. The lowest BCUT2D eigenvalue weighted by atomic mass is 10.4. The van der Waals surface area contributed by atoms with Crippen LogP contribution in [0.5, 0.6) is 0 Å². The second-order valence-corrected chi connectivity index (χ2v) is 1.37. The van der Waals surface area contributed by atoms with Crippen LogP contribution in [0.15, 0.2) is 12.2 Å². The predicted molar refractivity (Wildman–Crippen MR) is 35.7 cm³/mol. The second-order valence-electron chi connectivity index (χ2n) is 1.37. The van der Waals surface area contributed by atoms with E-state index in [-0.39, 0.29) is 13.2 Å². The van der Waals surface area contributed by atoms with Gasteiger partial charge in [-0.25, -0.2) is 0 Å². The predicted octanol–water partition coefficient (Wildman–Crippen LogP) is -0.0793. The third-order valence-electron chi connectivity index (χ3n) is 0.696. The van der Waals surface area contributed by atoms with Crippen molar-refractivity contribution in [3.63, 3.8) is 0 Å². The lowest BCUT2D eigenvalue weighted by molar-refractivity contribution is 0.342. The molecule has 0 aromatic heterocycles. The molecule has 2 N–H and O–H groups in total. The summed E-state index contributed by atoms with van der Waals surface area (Å²) in [6.45, 7) is -0.0340. The van der Waals surface area contributed by atoms with Gasteiger partial charge in [0.25, 0.3) is 0 Å². The molecule has 0 spiro atoms. The Bertz CT molecular complexity index is 128. The van der Waals surface area contributed by atoms with Gasteiger partial charge in [0.15, 0.2) is 0 Å². The normalized spacial score (nSPS) is 9.11. The largest absolute Gasteiger partial charge is 0.392 e. The minimum Gasteiger partial charge on any atom is -0.392 e. The van der Waals surface area contributed by atoms with E-state index >= 15 is 0 Å². The molecule has 0 aliphatic carbocycles. The highest BCUT2D eigenvalue weighted by atomic mass is 16.3. The van der Waals surface area contributed by atoms with Gasteiger partial charge < -0.3 is 10.2 Å². The molecule has 0 atom stereocenters. The zero-order valence-corrected chi connectivity index (χ0v) is 5.17. The Kier molecular flexibility index (Phi) is 6.59. The van der Waals surface area contributed by atoms with Crippen molar-refractivity contribution in [1.29, 1.82) is 0 Å². The minimum absolute atomic E-state index is 0.0564. The van der Waals surface area contributed by atoms with E-state index in [1.807, 2.05) is 0 Å². The van der Waals surface area contributed by atoms with Crippen molar-refractivity contribution in [1.82, 2.24) is 0 Å². The van der Waals surface area contributed by atoms with Gasteiger partial charge in [-0.05, 0) is 0 Å². The topological polar surface area (TPSA) is 40.5 Å². The summed E-state index contributed by atoms with van der Waals surface area (Å²) < 4.78 is 0. The molecule has 0 saturated carbocycles. The van der Waals surface area contributed by atoms with E-state index in [9.17, 15) is 0 Å². The maximum atomic E-state index is 8.24.